The van der Waals surface area contributed by atoms with E-state index >= 15 is 0 Å². The molecular formula is C26H48N4O5. The van der Waals surface area contributed by atoms with Crippen LogP contribution < -0.4 is 22.9 Å². The lowest BCUT2D eigenvalue weighted by atomic mass is 10.1. The summed E-state index contributed by atoms with van der Waals surface area (Å²) in [6.07, 6.45) is 15.1. The van der Waals surface area contributed by atoms with Gasteiger partial charge in [-0.05, 0) is 63.7 Å². The Bertz CT molecular complexity index is 628. The van der Waals surface area contributed by atoms with Crippen LogP contribution >= 0.6 is 0 Å². The van der Waals surface area contributed by atoms with E-state index in [2.05, 4.69) is 0 Å². The molecule has 2 unspecified atom stereocenters. The quantitative estimate of drug-likeness (QED) is 0.104. The number of unbranched alkanes of at least 4 members (excludes halogenated alkanes) is 12. The van der Waals surface area contributed by atoms with Crippen LogP contribution in [0, 0.1) is 0 Å². The lowest BCUT2D eigenvalue weighted by Crippen LogP contribution is -2.27. The first-order valence-electron chi connectivity index (χ1n) is 13.4. The molecule has 0 radical (unpaired) electrons. The number of hydrogen-bond acceptors (Lipinski definition) is 9. The van der Waals surface area contributed by atoms with E-state index in [4.69, 9.17) is 36.8 Å². The Morgan fingerprint density at radius 3 is 1.26 bits per heavy atom. The summed E-state index contributed by atoms with van der Waals surface area (Å²) in [5.74, 6) is -1.57. The Kier molecular flexibility index (Phi) is 18.0. The molecule has 0 saturated heterocycles. The van der Waals surface area contributed by atoms with Crippen molar-refractivity contribution in [1.29, 1.82) is 0 Å². The largest absolute Gasteiger partial charge is 0.442 e. The zero-order valence-corrected chi connectivity index (χ0v) is 21.4. The first kappa shape index (κ1) is 31.1. The molecule has 9 heteroatoms. The van der Waals surface area contributed by atoms with Crippen molar-refractivity contribution in [1.82, 2.24) is 0 Å². The highest BCUT2D eigenvalue weighted by Crippen LogP contribution is 2.15. The van der Waals surface area contributed by atoms with E-state index in [0.717, 1.165) is 64.5 Å². The predicted molar refractivity (Wildman–Crippen MR) is 137 cm³/mol. The van der Waals surface area contributed by atoms with Gasteiger partial charge in [0.2, 0.25) is 11.5 Å². The Morgan fingerprint density at radius 2 is 0.914 bits per heavy atom. The van der Waals surface area contributed by atoms with Crippen molar-refractivity contribution >= 4 is 11.9 Å². The van der Waals surface area contributed by atoms with Crippen molar-refractivity contribution in [3.8, 4) is 0 Å². The first-order chi connectivity index (χ1) is 17.0. The molecular weight excluding hydrogens is 448 g/mol. The fourth-order valence-corrected chi connectivity index (χ4v) is 3.81. The number of carbonyl (C=O) groups is 2. The van der Waals surface area contributed by atoms with Gasteiger partial charge in [-0.2, -0.15) is 0 Å². The molecule has 8 N–H and O–H groups in total. The standard InChI is InChI=1S/C26H48N4O5/c27-19-13-9-5-1-3-7-11-15-23(29)34-25(31)21-17-18-22(33-21)26(32)35-24(30)16-12-8-4-2-6-10-14-20-28/h17-18,23-24H,1-16,19-20,27-30H2. The minimum atomic E-state index is -0.714. The zero-order valence-electron chi connectivity index (χ0n) is 21.4. The third-order valence-corrected chi connectivity index (χ3v) is 5.91. The number of ether oxygens (including phenoxy) is 2. The zero-order chi connectivity index (χ0) is 25.7. The summed E-state index contributed by atoms with van der Waals surface area (Å²) in [6, 6.07) is 2.76. The van der Waals surface area contributed by atoms with Gasteiger partial charge >= 0.3 is 11.9 Å². The third-order valence-electron chi connectivity index (χ3n) is 5.91. The van der Waals surface area contributed by atoms with Gasteiger partial charge in [0.15, 0.2) is 12.5 Å². The lowest BCUT2D eigenvalue weighted by Gasteiger charge is -2.12. The van der Waals surface area contributed by atoms with Gasteiger partial charge in [0.25, 0.3) is 0 Å². The van der Waals surface area contributed by atoms with Crippen molar-refractivity contribution in [2.75, 3.05) is 13.1 Å². The topological polar surface area (TPSA) is 170 Å². The van der Waals surface area contributed by atoms with Crippen molar-refractivity contribution < 1.29 is 23.5 Å². The van der Waals surface area contributed by atoms with E-state index in [1.54, 1.807) is 0 Å². The Balaban J connectivity index is 2.20. The molecule has 0 fully saturated rings. The summed E-state index contributed by atoms with van der Waals surface area (Å²) in [5, 5.41) is 0. The van der Waals surface area contributed by atoms with Crippen LogP contribution in [0.25, 0.3) is 0 Å². The van der Waals surface area contributed by atoms with Crippen molar-refractivity contribution in [3.05, 3.63) is 23.7 Å². The molecule has 0 bridgehead atoms. The molecule has 1 aromatic heterocycles. The Morgan fingerprint density at radius 1 is 0.600 bits per heavy atom. The number of furan rings is 1. The van der Waals surface area contributed by atoms with Gasteiger partial charge in [-0.1, -0.05) is 64.2 Å². The number of esters is 2. The van der Waals surface area contributed by atoms with E-state index < -0.39 is 24.4 Å². The Labute approximate surface area is 210 Å². The monoisotopic (exact) mass is 496 g/mol. The minimum Gasteiger partial charge on any atom is -0.442 e. The highest BCUT2D eigenvalue weighted by Gasteiger charge is 2.21. The van der Waals surface area contributed by atoms with Crippen LogP contribution in [0.15, 0.2) is 16.5 Å². The summed E-state index contributed by atoms with van der Waals surface area (Å²) in [6.45, 7) is 1.51. The molecule has 202 valence electrons. The summed E-state index contributed by atoms with van der Waals surface area (Å²) in [7, 11) is 0. The molecule has 0 aliphatic rings. The summed E-state index contributed by atoms with van der Waals surface area (Å²) >= 11 is 0. The number of hydrogen-bond donors (Lipinski definition) is 4. The Hall–Kier alpha value is -1.94. The van der Waals surface area contributed by atoms with Crippen molar-refractivity contribution in [2.45, 2.75) is 115 Å². The lowest BCUT2D eigenvalue weighted by molar-refractivity contribution is 0.0223. The van der Waals surface area contributed by atoms with E-state index in [-0.39, 0.29) is 11.5 Å². The summed E-state index contributed by atoms with van der Waals surface area (Å²) < 4.78 is 15.8. The van der Waals surface area contributed by atoms with Crippen LogP contribution in [0.5, 0.6) is 0 Å². The molecule has 0 saturated carbocycles. The molecule has 0 aliphatic carbocycles. The second-order valence-electron chi connectivity index (χ2n) is 9.16. The van der Waals surface area contributed by atoms with Crippen molar-refractivity contribution in [3.63, 3.8) is 0 Å². The van der Waals surface area contributed by atoms with Gasteiger partial charge in [-0.15, -0.1) is 0 Å². The van der Waals surface area contributed by atoms with Crippen LogP contribution in [0.2, 0.25) is 0 Å². The summed E-state index contributed by atoms with van der Waals surface area (Å²) in [5.41, 5.74) is 22.8. The highest BCUT2D eigenvalue weighted by atomic mass is 16.6. The van der Waals surface area contributed by atoms with Crippen LogP contribution in [0.1, 0.15) is 124 Å². The molecule has 0 spiro atoms. The van der Waals surface area contributed by atoms with Crippen molar-refractivity contribution in [2.24, 2.45) is 22.9 Å². The molecule has 0 aromatic carbocycles. The molecule has 35 heavy (non-hydrogen) atoms. The SMILES string of the molecule is NCCCCCCCCCC(N)OC(=O)c1ccc(C(=O)OC(N)CCCCCCCCCN)o1. The molecule has 1 aromatic rings. The van der Waals surface area contributed by atoms with E-state index in [1.165, 1.54) is 50.7 Å². The van der Waals surface area contributed by atoms with E-state index in [0.29, 0.717) is 12.8 Å². The van der Waals surface area contributed by atoms with Crippen LogP contribution in [0.4, 0.5) is 0 Å². The molecule has 1 rings (SSSR count). The normalized spacial score (nSPS) is 12.9. The maximum absolute atomic E-state index is 12.2. The smallest absolute Gasteiger partial charge is 0.375 e. The van der Waals surface area contributed by atoms with Gasteiger partial charge in [-0.3, -0.25) is 11.5 Å². The van der Waals surface area contributed by atoms with Gasteiger partial charge in [0, 0.05) is 0 Å². The fraction of sp³-hybridized carbons (Fsp3) is 0.769. The number of rotatable bonds is 22. The van der Waals surface area contributed by atoms with Crippen LogP contribution in [-0.2, 0) is 9.47 Å². The van der Waals surface area contributed by atoms with Crippen LogP contribution in [-0.4, -0.2) is 37.5 Å². The minimum absolute atomic E-state index is 0.0875. The van der Waals surface area contributed by atoms with Gasteiger partial charge in [-0.25, -0.2) is 9.59 Å². The highest BCUT2D eigenvalue weighted by molar-refractivity contribution is 5.90. The summed E-state index contributed by atoms with van der Waals surface area (Å²) in [4.78, 5) is 24.5. The predicted octanol–water partition coefficient (Wildman–Crippen LogP) is 4.32. The molecule has 9 nitrogen and oxygen atoms in total. The number of nitrogens with two attached hydrogens (primary N) is 4. The molecule has 2 atom stereocenters. The fourth-order valence-electron chi connectivity index (χ4n) is 3.81. The van der Waals surface area contributed by atoms with Gasteiger partial charge in [0.1, 0.15) is 0 Å². The maximum Gasteiger partial charge on any atom is 0.375 e. The second kappa shape index (κ2) is 20.3. The second-order valence-corrected chi connectivity index (χ2v) is 9.16. The average Bonchev–Trinajstić information content (AvgIpc) is 3.33. The molecule has 0 aliphatic heterocycles. The first-order valence-corrected chi connectivity index (χ1v) is 13.4. The van der Waals surface area contributed by atoms with E-state index in [1.807, 2.05) is 0 Å². The average molecular weight is 497 g/mol. The maximum atomic E-state index is 12.2. The van der Waals surface area contributed by atoms with Crippen LogP contribution in [0.3, 0.4) is 0 Å². The number of carbonyl (C=O) groups excluding carboxylic acids is 2. The molecule has 1 heterocycles. The third kappa shape index (κ3) is 15.6. The van der Waals surface area contributed by atoms with E-state index in [9.17, 15) is 9.59 Å². The molecule has 0 amide bonds. The van der Waals surface area contributed by atoms with Gasteiger partial charge < -0.3 is 25.4 Å². The van der Waals surface area contributed by atoms with Gasteiger partial charge in [0.05, 0.1) is 0 Å².